The molecule has 4 nitrogen and oxygen atoms in total. The molecular formula is C15H16N2O2S. The summed E-state index contributed by atoms with van der Waals surface area (Å²) in [6, 6.07) is 15.3. The highest BCUT2D eigenvalue weighted by molar-refractivity contribution is 7.99. The van der Waals surface area contributed by atoms with Gasteiger partial charge in [0.2, 0.25) is 6.54 Å². The highest BCUT2D eigenvalue weighted by Crippen LogP contribution is 2.38. The molecule has 2 rings (SSSR count). The van der Waals surface area contributed by atoms with Gasteiger partial charge in [0.1, 0.15) is 0 Å². The average molecular weight is 288 g/mol. The summed E-state index contributed by atoms with van der Waals surface area (Å²) in [6.07, 6.45) is 0. The molecule has 0 saturated carbocycles. The van der Waals surface area contributed by atoms with Crippen molar-refractivity contribution in [2.75, 3.05) is 12.3 Å². The molecule has 0 aliphatic heterocycles. The zero-order valence-corrected chi connectivity index (χ0v) is 12.0. The second kappa shape index (κ2) is 6.43. The van der Waals surface area contributed by atoms with E-state index in [0.717, 1.165) is 16.0 Å². The molecule has 0 saturated heterocycles. The largest absolute Gasteiger partial charge is 0.398 e. The number of nitrogen functional groups attached to an aromatic ring is 1. The number of nitro groups is 1. The van der Waals surface area contributed by atoms with Crippen LogP contribution in [0.15, 0.2) is 53.4 Å². The molecule has 0 spiro atoms. The summed E-state index contributed by atoms with van der Waals surface area (Å²) in [7, 11) is 0. The Labute approximate surface area is 122 Å². The topological polar surface area (TPSA) is 69.2 Å². The zero-order valence-electron chi connectivity index (χ0n) is 11.2. The van der Waals surface area contributed by atoms with Crippen LogP contribution in [0.5, 0.6) is 0 Å². The van der Waals surface area contributed by atoms with Gasteiger partial charge in [-0.1, -0.05) is 42.0 Å². The number of benzene rings is 2. The van der Waals surface area contributed by atoms with E-state index in [2.05, 4.69) is 0 Å². The molecule has 0 amide bonds. The third-order valence-corrected chi connectivity index (χ3v) is 4.28. The highest BCUT2D eigenvalue weighted by atomic mass is 32.2. The van der Waals surface area contributed by atoms with E-state index in [0.29, 0.717) is 5.69 Å². The summed E-state index contributed by atoms with van der Waals surface area (Å²) in [5.74, 6) is 0. The molecule has 20 heavy (non-hydrogen) atoms. The number of para-hydroxylation sites is 1. The summed E-state index contributed by atoms with van der Waals surface area (Å²) in [5, 5.41) is 10.6. The quantitative estimate of drug-likeness (QED) is 0.394. The first-order valence-corrected chi connectivity index (χ1v) is 7.14. The van der Waals surface area contributed by atoms with Crippen LogP contribution in [0.4, 0.5) is 5.69 Å². The van der Waals surface area contributed by atoms with Crippen molar-refractivity contribution in [3.05, 3.63) is 69.8 Å². The molecule has 104 valence electrons. The van der Waals surface area contributed by atoms with Crippen molar-refractivity contribution in [2.45, 2.75) is 17.1 Å². The van der Waals surface area contributed by atoms with Crippen LogP contribution in [0.25, 0.3) is 0 Å². The molecule has 0 aliphatic carbocycles. The predicted octanol–water partition coefficient (Wildman–Crippen LogP) is 3.69. The van der Waals surface area contributed by atoms with Gasteiger partial charge in [-0.3, -0.25) is 10.1 Å². The van der Waals surface area contributed by atoms with E-state index in [1.807, 2.05) is 49.4 Å². The highest BCUT2D eigenvalue weighted by Gasteiger charge is 2.20. The Bertz CT molecular complexity index is 599. The van der Waals surface area contributed by atoms with Crippen molar-refractivity contribution in [1.82, 2.24) is 0 Å². The van der Waals surface area contributed by atoms with Crippen LogP contribution < -0.4 is 5.73 Å². The first-order chi connectivity index (χ1) is 9.56. The monoisotopic (exact) mass is 288 g/mol. The number of hydrogen-bond acceptors (Lipinski definition) is 4. The van der Waals surface area contributed by atoms with Crippen LogP contribution in [-0.2, 0) is 0 Å². The zero-order chi connectivity index (χ0) is 14.5. The average Bonchev–Trinajstić information content (AvgIpc) is 2.41. The molecule has 0 aromatic heterocycles. The smallest absolute Gasteiger partial charge is 0.220 e. The Morgan fingerprint density at radius 2 is 1.85 bits per heavy atom. The van der Waals surface area contributed by atoms with E-state index in [4.69, 9.17) is 5.73 Å². The lowest BCUT2D eigenvalue weighted by molar-refractivity contribution is -0.479. The minimum absolute atomic E-state index is 0.123. The fraction of sp³-hybridized carbons (Fsp3) is 0.200. The molecule has 2 aromatic carbocycles. The number of nitrogens with two attached hydrogens (primary N) is 1. The van der Waals surface area contributed by atoms with Gasteiger partial charge in [-0.15, -0.1) is 11.8 Å². The first kappa shape index (κ1) is 14.4. The summed E-state index contributed by atoms with van der Waals surface area (Å²) in [6.45, 7) is 1.87. The van der Waals surface area contributed by atoms with E-state index in [9.17, 15) is 10.1 Å². The minimum Gasteiger partial charge on any atom is -0.398 e. The molecule has 0 fully saturated rings. The molecule has 0 bridgehead atoms. The van der Waals surface area contributed by atoms with Crippen LogP contribution in [0.1, 0.15) is 16.4 Å². The van der Waals surface area contributed by atoms with Crippen LogP contribution in [0.3, 0.4) is 0 Å². The predicted molar refractivity (Wildman–Crippen MR) is 82.5 cm³/mol. The molecule has 1 atom stereocenters. The molecule has 0 radical (unpaired) electrons. The van der Waals surface area contributed by atoms with Gasteiger partial charge in [0.15, 0.2) is 0 Å². The van der Waals surface area contributed by atoms with Crippen molar-refractivity contribution in [3.8, 4) is 0 Å². The molecular weight excluding hydrogens is 272 g/mol. The second-order valence-electron chi connectivity index (χ2n) is 4.57. The summed E-state index contributed by atoms with van der Waals surface area (Å²) >= 11 is 1.44. The number of rotatable bonds is 5. The molecule has 0 unspecified atom stereocenters. The fourth-order valence-corrected chi connectivity index (χ4v) is 3.03. The Balaban J connectivity index is 2.26. The van der Waals surface area contributed by atoms with Gasteiger partial charge in [-0.25, -0.2) is 0 Å². The van der Waals surface area contributed by atoms with Gasteiger partial charge < -0.3 is 5.73 Å². The number of nitrogens with zero attached hydrogens (tertiary/aromatic N) is 1. The SMILES string of the molecule is Cc1ccc([C@H](C[N+](=O)[O-])Sc2ccccc2N)cc1. The molecule has 0 aliphatic rings. The van der Waals surface area contributed by atoms with Crippen LogP contribution >= 0.6 is 11.8 Å². The minimum atomic E-state index is -0.281. The van der Waals surface area contributed by atoms with Gasteiger partial charge in [-0.05, 0) is 24.6 Å². The Morgan fingerprint density at radius 3 is 2.45 bits per heavy atom. The Hall–Kier alpha value is -2.01. The number of anilines is 1. The number of hydrogen-bond donors (Lipinski definition) is 1. The van der Waals surface area contributed by atoms with Gasteiger partial charge in [0.25, 0.3) is 0 Å². The van der Waals surface area contributed by atoms with Gasteiger partial charge in [0, 0.05) is 15.5 Å². The summed E-state index contributed by atoms with van der Waals surface area (Å²) in [4.78, 5) is 11.5. The first-order valence-electron chi connectivity index (χ1n) is 6.26. The molecule has 2 N–H and O–H groups in total. The number of aryl methyl sites for hydroxylation is 1. The molecule has 2 aromatic rings. The lowest BCUT2D eigenvalue weighted by atomic mass is 10.1. The van der Waals surface area contributed by atoms with E-state index in [1.54, 1.807) is 6.07 Å². The normalized spacial score (nSPS) is 12.1. The fourth-order valence-electron chi connectivity index (χ4n) is 1.87. The van der Waals surface area contributed by atoms with Crippen LogP contribution in [0, 0.1) is 17.0 Å². The maximum absolute atomic E-state index is 10.9. The standard InChI is InChI=1S/C15H16N2O2S/c1-11-6-8-12(9-7-11)15(10-17(18)19)20-14-5-3-2-4-13(14)16/h2-9,15H,10,16H2,1H3/t15-/m0/s1. The van der Waals surface area contributed by atoms with Gasteiger partial charge >= 0.3 is 0 Å². The van der Waals surface area contributed by atoms with E-state index in [1.165, 1.54) is 11.8 Å². The Kier molecular flexibility index (Phi) is 4.63. The third-order valence-electron chi connectivity index (χ3n) is 2.95. The van der Waals surface area contributed by atoms with E-state index >= 15 is 0 Å². The molecule has 5 heteroatoms. The summed E-state index contributed by atoms with van der Waals surface area (Å²) in [5.41, 5.74) is 8.64. The van der Waals surface area contributed by atoms with Crippen LogP contribution in [0.2, 0.25) is 0 Å². The maximum Gasteiger partial charge on any atom is 0.220 e. The maximum atomic E-state index is 10.9. The molecule has 0 heterocycles. The second-order valence-corrected chi connectivity index (χ2v) is 5.81. The van der Waals surface area contributed by atoms with E-state index < -0.39 is 0 Å². The Morgan fingerprint density at radius 1 is 1.20 bits per heavy atom. The van der Waals surface area contributed by atoms with Crippen molar-refractivity contribution < 1.29 is 4.92 Å². The van der Waals surface area contributed by atoms with E-state index in [-0.39, 0.29) is 16.7 Å². The van der Waals surface area contributed by atoms with Crippen molar-refractivity contribution in [3.63, 3.8) is 0 Å². The lowest BCUT2D eigenvalue weighted by Gasteiger charge is -2.14. The van der Waals surface area contributed by atoms with Crippen LogP contribution in [-0.4, -0.2) is 11.5 Å². The third kappa shape index (κ3) is 3.74. The lowest BCUT2D eigenvalue weighted by Crippen LogP contribution is -2.10. The van der Waals surface area contributed by atoms with Crippen molar-refractivity contribution >= 4 is 17.4 Å². The number of thioether (sulfide) groups is 1. The van der Waals surface area contributed by atoms with Gasteiger partial charge in [-0.2, -0.15) is 0 Å². The van der Waals surface area contributed by atoms with Gasteiger partial charge in [0.05, 0.1) is 5.25 Å². The van der Waals surface area contributed by atoms with Crippen molar-refractivity contribution in [2.24, 2.45) is 0 Å². The summed E-state index contributed by atoms with van der Waals surface area (Å²) < 4.78 is 0. The van der Waals surface area contributed by atoms with Crippen molar-refractivity contribution in [1.29, 1.82) is 0 Å².